The molecule has 166 valence electrons. The molecule has 1 aliphatic heterocycles. The first kappa shape index (κ1) is 21.5. The highest BCUT2D eigenvalue weighted by Crippen LogP contribution is 2.50. The van der Waals surface area contributed by atoms with Gasteiger partial charge in [-0.25, -0.2) is 15.0 Å². The minimum Gasteiger partial charge on any atom is -0.382 e. The van der Waals surface area contributed by atoms with Crippen LogP contribution in [0.25, 0.3) is 0 Å². The Balaban J connectivity index is 1.34. The van der Waals surface area contributed by atoms with Gasteiger partial charge in [-0.2, -0.15) is 0 Å². The average Bonchev–Trinajstić information content (AvgIpc) is 3.06. The molecule has 5 rings (SSSR count). The van der Waals surface area contributed by atoms with E-state index in [0.717, 1.165) is 38.0 Å². The van der Waals surface area contributed by atoms with Crippen LogP contribution in [0.2, 0.25) is 10.2 Å². The second-order valence-corrected chi connectivity index (χ2v) is 9.95. The number of piperidine rings is 1. The van der Waals surface area contributed by atoms with Crippen LogP contribution >= 0.6 is 35.0 Å². The van der Waals surface area contributed by atoms with Crippen LogP contribution < -0.4 is 22.1 Å². The highest BCUT2D eigenvalue weighted by Gasteiger charge is 2.46. The third kappa shape index (κ3) is 3.63. The zero-order valence-electron chi connectivity index (χ0n) is 17.1. The summed E-state index contributed by atoms with van der Waals surface area (Å²) in [6.07, 6.45) is 6.17. The van der Waals surface area contributed by atoms with Gasteiger partial charge in [0.05, 0.1) is 5.02 Å². The molecule has 1 saturated heterocycles. The van der Waals surface area contributed by atoms with Gasteiger partial charge >= 0.3 is 0 Å². The van der Waals surface area contributed by atoms with E-state index in [9.17, 15) is 0 Å². The van der Waals surface area contributed by atoms with Crippen molar-refractivity contribution in [3.63, 3.8) is 0 Å². The first-order valence-electron chi connectivity index (χ1n) is 10.2. The number of hydrogen-bond acceptors (Lipinski definition) is 9. The van der Waals surface area contributed by atoms with Gasteiger partial charge in [-0.3, -0.25) is 4.98 Å². The Labute approximate surface area is 199 Å². The van der Waals surface area contributed by atoms with Crippen LogP contribution in [0.4, 0.5) is 17.5 Å². The Hall–Kier alpha value is -2.33. The number of hydrogen-bond donors (Lipinski definition) is 3. The van der Waals surface area contributed by atoms with Crippen molar-refractivity contribution >= 4 is 52.4 Å². The second-order valence-electron chi connectivity index (χ2n) is 8.18. The lowest BCUT2D eigenvalue weighted by Crippen LogP contribution is -2.44. The number of nitrogens with two attached hydrogens (primary N) is 3. The third-order valence-electron chi connectivity index (χ3n) is 6.42. The largest absolute Gasteiger partial charge is 0.382 e. The van der Waals surface area contributed by atoms with E-state index in [4.69, 9.17) is 40.4 Å². The van der Waals surface area contributed by atoms with Gasteiger partial charge in [0, 0.05) is 42.1 Å². The maximum absolute atomic E-state index is 6.65. The van der Waals surface area contributed by atoms with Crippen molar-refractivity contribution in [3.8, 4) is 0 Å². The van der Waals surface area contributed by atoms with Gasteiger partial charge in [0.2, 0.25) is 0 Å². The molecule has 8 nitrogen and oxygen atoms in total. The molecule has 11 heteroatoms. The fraction of sp³-hybridized carbons (Fsp3) is 0.333. The van der Waals surface area contributed by atoms with Gasteiger partial charge < -0.3 is 22.1 Å². The summed E-state index contributed by atoms with van der Waals surface area (Å²) in [4.78, 5) is 20.4. The number of rotatable bonds is 3. The minimum absolute atomic E-state index is 0.00343. The maximum Gasteiger partial charge on any atom is 0.173 e. The zero-order valence-corrected chi connectivity index (χ0v) is 19.5. The molecule has 0 saturated carbocycles. The zero-order chi connectivity index (χ0) is 22.5. The van der Waals surface area contributed by atoms with Crippen LogP contribution in [0.15, 0.2) is 40.5 Å². The minimum atomic E-state index is -0.00343. The van der Waals surface area contributed by atoms with Gasteiger partial charge in [0.15, 0.2) is 16.8 Å². The molecular formula is C21H22Cl2N8S. The molecule has 1 atom stereocenters. The third-order valence-corrected chi connectivity index (χ3v) is 8.23. The summed E-state index contributed by atoms with van der Waals surface area (Å²) >= 11 is 14.0. The van der Waals surface area contributed by atoms with E-state index in [1.54, 1.807) is 12.3 Å². The molecule has 0 aromatic carbocycles. The number of fused-ring (bicyclic) bond motifs is 1. The fourth-order valence-electron chi connectivity index (χ4n) is 4.61. The summed E-state index contributed by atoms with van der Waals surface area (Å²) in [6, 6.07) is 5.79. The highest BCUT2D eigenvalue weighted by molar-refractivity contribution is 7.99. The van der Waals surface area contributed by atoms with E-state index in [1.165, 1.54) is 17.3 Å². The molecule has 0 amide bonds. The highest BCUT2D eigenvalue weighted by atomic mass is 35.5. The summed E-state index contributed by atoms with van der Waals surface area (Å²) in [6.45, 7) is 1.55. The normalized spacial score (nSPS) is 19.3. The topological polar surface area (TPSA) is 133 Å². The van der Waals surface area contributed by atoms with Crippen LogP contribution in [0.5, 0.6) is 0 Å². The summed E-state index contributed by atoms with van der Waals surface area (Å²) in [5.74, 6) is 1.12. The Morgan fingerprint density at radius 3 is 2.56 bits per heavy atom. The smallest absolute Gasteiger partial charge is 0.173 e. The standard InChI is InChI=1S/C21H22Cl2N8S/c22-14-13(3-7-28-17(14)25)32-20-18(26)30-19(16(23)29-20)31-8-4-21(5-9-31)10-12-11(15(21)24)2-1-6-27-12/h1-3,6-7,15H,4-5,8-10,24H2,(H2,25,28)(H2,26,30)/t15-/m1/s1. The van der Waals surface area contributed by atoms with Crippen LogP contribution in [0.3, 0.4) is 0 Å². The molecule has 1 fully saturated rings. The predicted molar refractivity (Wildman–Crippen MR) is 128 cm³/mol. The number of nitrogen functional groups attached to an aromatic ring is 2. The monoisotopic (exact) mass is 488 g/mol. The molecule has 0 bridgehead atoms. The quantitative estimate of drug-likeness (QED) is 0.503. The SMILES string of the molecule is Nc1nc(N2CCC3(CC2)Cc2ncccc2[C@H]3N)c(Cl)nc1Sc1ccnc(N)c1Cl. The van der Waals surface area contributed by atoms with Gasteiger partial charge in [-0.05, 0) is 42.4 Å². The average molecular weight is 489 g/mol. The summed E-state index contributed by atoms with van der Waals surface area (Å²) in [5.41, 5.74) is 21.0. The number of nitrogens with zero attached hydrogens (tertiary/aromatic N) is 5. The van der Waals surface area contributed by atoms with Crippen molar-refractivity contribution in [2.45, 2.75) is 35.2 Å². The van der Waals surface area contributed by atoms with Gasteiger partial charge in [-0.15, -0.1) is 0 Å². The molecule has 2 aliphatic rings. The van der Waals surface area contributed by atoms with E-state index in [-0.39, 0.29) is 23.1 Å². The van der Waals surface area contributed by atoms with Crippen LogP contribution in [-0.4, -0.2) is 33.0 Å². The number of halogens is 2. The molecule has 3 aromatic heterocycles. The van der Waals surface area contributed by atoms with Crippen molar-refractivity contribution < 1.29 is 0 Å². The van der Waals surface area contributed by atoms with Crippen molar-refractivity contribution in [2.24, 2.45) is 11.1 Å². The Kier molecular flexibility index (Phi) is 5.53. The van der Waals surface area contributed by atoms with Crippen LogP contribution in [-0.2, 0) is 6.42 Å². The maximum atomic E-state index is 6.65. The number of anilines is 3. The Morgan fingerprint density at radius 2 is 1.81 bits per heavy atom. The lowest BCUT2D eigenvalue weighted by Gasteiger charge is -2.42. The molecular weight excluding hydrogens is 467 g/mol. The molecule has 0 radical (unpaired) electrons. The van der Waals surface area contributed by atoms with E-state index in [0.29, 0.717) is 25.9 Å². The van der Waals surface area contributed by atoms with Crippen molar-refractivity contribution in [3.05, 3.63) is 52.0 Å². The molecule has 4 heterocycles. The predicted octanol–water partition coefficient (Wildman–Crippen LogP) is 3.73. The first-order chi connectivity index (χ1) is 15.4. The van der Waals surface area contributed by atoms with Crippen molar-refractivity contribution in [1.82, 2.24) is 19.9 Å². The van der Waals surface area contributed by atoms with Crippen LogP contribution in [0.1, 0.15) is 30.1 Å². The Bertz CT molecular complexity index is 1180. The first-order valence-corrected chi connectivity index (χ1v) is 11.8. The van der Waals surface area contributed by atoms with Crippen LogP contribution in [0, 0.1) is 5.41 Å². The molecule has 6 N–H and O–H groups in total. The second kappa shape index (κ2) is 8.22. The van der Waals surface area contributed by atoms with E-state index in [2.05, 4.69) is 30.9 Å². The number of pyridine rings is 2. The molecule has 3 aromatic rings. The van der Waals surface area contributed by atoms with Gasteiger partial charge in [-0.1, -0.05) is 41.0 Å². The molecule has 32 heavy (non-hydrogen) atoms. The lowest BCUT2D eigenvalue weighted by atomic mass is 9.73. The van der Waals surface area contributed by atoms with Gasteiger partial charge in [0.25, 0.3) is 0 Å². The molecule has 0 unspecified atom stereocenters. The fourth-order valence-corrected chi connectivity index (χ4v) is 5.95. The molecule has 1 spiro atoms. The van der Waals surface area contributed by atoms with E-state index >= 15 is 0 Å². The Morgan fingerprint density at radius 1 is 1.03 bits per heavy atom. The van der Waals surface area contributed by atoms with E-state index < -0.39 is 0 Å². The van der Waals surface area contributed by atoms with Gasteiger partial charge in [0.1, 0.15) is 10.8 Å². The molecule has 1 aliphatic carbocycles. The number of aromatic nitrogens is 4. The summed E-state index contributed by atoms with van der Waals surface area (Å²) in [5, 5.41) is 1.12. The summed E-state index contributed by atoms with van der Waals surface area (Å²) < 4.78 is 0. The summed E-state index contributed by atoms with van der Waals surface area (Å²) in [7, 11) is 0. The van der Waals surface area contributed by atoms with E-state index in [1.807, 2.05) is 12.3 Å². The lowest BCUT2D eigenvalue weighted by molar-refractivity contribution is 0.186. The van der Waals surface area contributed by atoms with Crippen molar-refractivity contribution in [1.29, 1.82) is 0 Å². The van der Waals surface area contributed by atoms with Crippen molar-refractivity contribution in [2.75, 3.05) is 29.5 Å².